The number of benzene rings is 1. The molecule has 0 atom stereocenters. The van der Waals surface area contributed by atoms with Crippen LogP contribution in [-0.4, -0.2) is 35.7 Å². The van der Waals surface area contributed by atoms with Crippen LogP contribution in [-0.2, 0) is 4.79 Å². The van der Waals surface area contributed by atoms with Crippen LogP contribution in [0.25, 0.3) is 0 Å². The summed E-state index contributed by atoms with van der Waals surface area (Å²) in [6.07, 6.45) is -0.704. The van der Waals surface area contributed by atoms with Gasteiger partial charge in [0, 0.05) is 11.5 Å². The maximum atomic E-state index is 11.4. The summed E-state index contributed by atoms with van der Waals surface area (Å²) in [5, 5.41) is 8.48. The van der Waals surface area contributed by atoms with Crippen molar-refractivity contribution in [3.63, 3.8) is 0 Å². The Morgan fingerprint density at radius 1 is 1.38 bits per heavy atom. The monoisotopic (exact) mass is 287 g/mol. The first kappa shape index (κ1) is 12.5. The van der Waals surface area contributed by atoms with E-state index in [9.17, 15) is 9.59 Å². The second-order valence-corrected chi connectivity index (χ2v) is 3.99. The van der Waals surface area contributed by atoms with E-state index < -0.39 is 18.6 Å². The Morgan fingerprint density at radius 3 is 2.44 bits per heavy atom. The second kappa shape index (κ2) is 5.50. The number of halogens is 1. The third-order valence-electron chi connectivity index (χ3n) is 1.70. The van der Waals surface area contributed by atoms with Crippen molar-refractivity contribution in [2.45, 2.75) is 0 Å². The number of hydrogen-bond acceptors (Lipinski definition) is 3. The first-order chi connectivity index (χ1) is 7.49. The summed E-state index contributed by atoms with van der Waals surface area (Å²) < 4.78 is 5.80. The largest absolute Gasteiger partial charge is 0.480 e. The summed E-state index contributed by atoms with van der Waals surface area (Å²) in [6.45, 7) is -0.393. The Labute approximate surface area is 101 Å². The van der Waals surface area contributed by atoms with Gasteiger partial charge in [0.05, 0.1) is 0 Å². The molecule has 0 heterocycles. The van der Waals surface area contributed by atoms with Gasteiger partial charge in [-0.25, -0.2) is 4.79 Å². The smallest absolute Gasteiger partial charge is 0.415 e. The van der Waals surface area contributed by atoms with Crippen molar-refractivity contribution < 1.29 is 19.4 Å². The number of rotatable bonds is 3. The molecule has 5 nitrogen and oxygen atoms in total. The molecule has 6 heteroatoms. The lowest BCUT2D eigenvalue weighted by molar-refractivity contribution is -0.137. The highest BCUT2D eigenvalue weighted by Gasteiger charge is 2.13. The van der Waals surface area contributed by atoms with Gasteiger partial charge in [-0.15, -0.1) is 0 Å². The molecule has 86 valence electrons. The van der Waals surface area contributed by atoms with Gasteiger partial charge >= 0.3 is 12.1 Å². The number of ether oxygens (including phenoxy) is 1. The summed E-state index contributed by atoms with van der Waals surface area (Å²) in [4.78, 5) is 22.7. The van der Waals surface area contributed by atoms with Gasteiger partial charge in [-0.3, -0.25) is 9.69 Å². The highest BCUT2D eigenvalue weighted by Crippen LogP contribution is 2.16. The summed E-state index contributed by atoms with van der Waals surface area (Å²) in [6, 6.07) is 6.66. The molecular formula is C10H10BrNO4. The van der Waals surface area contributed by atoms with Crippen LogP contribution >= 0.6 is 15.9 Å². The van der Waals surface area contributed by atoms with Crippen LogP contribution in [0, 0.1) is 0 Å². The zero-order chi connectivity index (χ0) is 12.1. The van der Waals surface area contributed by atoms with Crippen LogP contribution in [0.4, 0.5) is 4.79 Å². The van der Waals surface area contributed by atoms with Crippen molar-refractivity contribution in [1.29, 1.82) is 0 Å². The standard InChI is InChI=1S/C10H10BrNO4/c1-12(6-9(13)14)10(15)16-8-4-2-7(11)3-5-8/h2-5H,6H2,1H3,(H,13,14). The molecule has 0 saturated carbocycles. The molecule has 0 fully saturated rings. The Bertz CT molecular complexity index is 390. The highest BCUT2D eigenvalue weighted by atomic mass is 79.9. The number of amides is 1. The first-order valence-corrected chi connectivity index (χ1v) is 5.18. The first-order valence-electron chi connectivity index (χ1n) is 4.39. The molecule has 0 aliphatic carbocycles. The number of carbonyl (C=O) groups is 2. The minimum absolute atomic E-state index is 0.366. The fourth-order valence-corrected chi connectivity index (χ4v) is 1.21. The third kappa shape index (κ3) is 3.90. The number of carbonyl (C=O) groups excluding carboxylic acids is 1. The molecule has 1 aromatic carbocycles. The van der Waals surface area contributed by atoms with E-state index in [1.807, 2.05) is 0 Å². The predicted molar refractivity (Wildman–Crippen MR) is 60.4 cm³/mol. The third-order valence-corrected chi connectivity index (χ3v) is 2.23. The average molecular weight is 288 g/mol. The van der Waals surface area contributed by atoms with E-state index in [0.29, 0.717) is 5.75 Å². The second-order valence-electron chi connectivity index (χ2n) is 3.07. The maximum Gasteiger partial charge on any atom is 0.415 e. The summed E-state index contributed by atoms with van der Waals surface area (Å²) in [7, 11) is 1.36. The van der Waals surface area contributed by atoms with E-state index in [2.05, 4.69) is 15.9 Å². The lowest BCUT2D eigenvalue weighted by atomic mass is 10.3. The molecule has 1 amide bonds. The highest BCUT2D eigenvalue weighted by molar-refractivity contribution is 9.10. The Morgan fingerprint density at radius 2 is 1.94 bits per heavy atom. The minimum Gasteiger partial charge on any atom is -0.480 e. The van der Waals surface area contributed by atoms with Gasteiger partial charge in [0.25, 0.3) is 0 Å². The van der Waals surface area contributed by atoms with Crippen LogP contribution in [0.15, 0.2) is 28.7 Å². The van der Waals surface area contributed by atoms with E-state index >= 15 is 0 Å². The number of likely N-dealkylation sites (N-methyl/N-ethyl adjacent to an activating group) is 1. The normalized spacial score (nSPS) is 9.62. The molecule has 0 bridgehead atoms. The molecular weight excluding hydrogens is 278 g/mol. The molecule has 16 heavy (non-hydrogen) atoms. The molecule has 1 N–H and O–H groups in total. The van der Waals surface area contributed by atoms with Gasteiger partial charge in [0.1, 0.15) is 12.3 Å². The SMILES string of the molecule is CN(CC(=O)O)C(=O)Oc1ccc(Br)cc1. The van der Waals surface area contributed by atoms with Gasteiger partial charge in [-0.05, 0) is 24.3 Å². The van der Waals surface area contributed by atoms with E-state index in [-0.39, 0.29) is 0 Å². The predicted octanol–water partition coefficient (Wildman–Crippen LogP) is 1.96. The summed E-state index contributed by atoms with van der Waals surface area (Å²) >= 11 is 3.24. The lowest BCUT2D eigenvalue weighted by Gasteiger charge is -2.14. The zero-order valence-corrected chi connectivity index (χ0v) is 10.1. The number of carboxylic acid groups (broad SMARTS) is 1. The van der Waals surface area contributed by atoms with E-state index in [0.717, 1.165) is 9.37 Å². The van der Waals surface area contributed by atoms with Crippen LogP contribution in [0.5, 0.6) is 5.75 Å². The maximum absolute atomic E-state index is 11.4. The zero-order valence-electron chi connectivity index (χ0n) is 8.51. The Kier molecular flexibility index (Phi) is 4.30. The molecule has 1 rings (SSSR count). The summed E-state index contributed by atoms with van der Waals surface area (Å²) in [5.41, 5.74) is 0. The Balaban J connectivity index is 2.57. The molecule has 1 aromatic rings. The van der Waals surface area contributed by atoms with Gasteiger partial charge in [-0.1, -0.05) is 15.9 Å². The fourth-order valence-electron chi connectivity index (χ4n) is 0.949. The van der Waals surface area contributed by atoms with Gasteiger partial charge in [0.15, 0.2) is 0 Å². The molecule has 0 aliphatic rings. The van der Waals surface area contributed by atoms with Crippen molar-refractivity contribution >= 4 is 28.0 Å². The average Bonchev–Trinajstić information content (AvgIpc) is 2.20. The number of nitrogens with zero attached hydrogens (tertiary/aromatic N) is 1. The van der Waals surface area contributed by atoms with Gasteiger partial charge in [0.2, 0.25) is 0 Å². The topological polar surface area (TPSA) is 66.8 Å². The van der Waals surface area contributed by atoms with Crippen LogP contribution in [0.1, 0.15) is 0 Å². The van der Waals surface area contributed by atoms with Crippen molar-refractivity contribution in [3.05, 3.63) is 28.7 Å². The fraction of sp³-hybridized carbons (Fsp3) is 0.200. The Hall–Kier alpha value is -1.56. The molecule has 0 spiro atoms. The van der Waals surface area contributed by atoms with Gasteiger partial charge in [-0.2, -0.15) is 0 Å². The molecule has 0 aromatic heterocycles. The molecule has 0 radical (unpaired) electrons. The van der Waals surface area contributed by atoms with Crippen molar-refractivity contribution in [3.8, 4) is 5.75 Å². The van der Waals surface area contributed by atoms with E-state index in [1.54, 1.807) is 24.3 Å². The number of aliphatic carboxylic acids is 1. The van der Waals surface area contributed by atoms with Crippen LogP contribution < -0.4 is 4.74 Å². The molecule has 0 unspecified atom stereocenters. The van der Waals surface area contributed by atoms with Gasteiger partial charge < -0.3 is 9.84 Å². The van der Waals surface area contributed by atoms with Crippen molar-refractivity contribution in [2.24, 2.45) is 0 Å². The molecule has 0 aliphatic heterocycles. The quantitative estimate of drug-likeness (QED) is 0.923. The minimum atomic E-state index is -1.09. The van der Waals surface area contributed by atoms with Crippen LogP contribution in [0.3, 0.4) is 0 Å². The lowest BCUT2D eigenvalue weighted by Crippen LogP contribution is -2.34. The van der Waals surface area contributed by atoms with E-state index in [1.165, 1.54) is 7.05 Å². The summed E-state index contributed by atoms with van der Waals surface area (Å²) in [5.74, 6) is -0.722. The van der Waals surface area contributed by atoms with E-state index in [4.69, 9.17) is 9.84 Å². The molecule has 0 saturated heterocycles. The van der Waals surface area contributed by atoms with Crippen molar-refractivity contribution in [2.75, 3.05) is 13.6 Å². The number of carboxylic acids is 1. The number of hydrogen-bond donors (Lipinski definition) is 1. The van der Waals surface area contributed by atoms with Crippen molar-refractivity contribution in [1.82, 2.24) is 4.90 Å². The van der Waals surface area contributed by atoms with Crippen LogP contribution in [0.2, 0.25) is 0 Å².